The molecule has 1 aromatic heterocycles. The monoisotopic (exact) mass is 281 g/mol. The van der Waals surface area contributed by atoms with Gasteiger partial charge in [-0.05, 0) is 31.6 Å². The zero-order chi connectivity index (χ0) is 14.7. The third-order valence-corrected chi connectivity index (χ3v) is 3.80. The lowest BCUT2D eigenvalue weighted by molar-refractivity contribution is 0.197. The van der Waals surface area contributed by atoms with Crippen molar-refractivity contribution in [1.29, 1.82) is 0 Å². The summed E-state index contributed by atoms with van der Waals surface area (Å²) in [5, 5.41) is 0. The van der Waals surface area contributed by atoms with Gasteiger partial charge in [0.2, 0.25) is 5.82 Å². The molecule has 0 aliphatic carbocycles. The first kappa shape index (κ1) is 15.0. The molecule has 1 aliphatic rings. The van der Waals surface area contributed by atoms with Crippen molar-refractivity contribution in [2.45, 2.75) is 46.6 Å². The molecule has 1 aromatic rings. The number of piperidine rings is 1. The molecule has 112 valence electrons. The third kappa shape index (κ3) is 3.38. The van der Waals surface area contributed by atoms with Crippen molar-refractivity contribution in [2.75, 3.05) is 18.0 Å². The van der Waals surface area contributed by atoms with Crippen LogP contribution >= 0.6 is 0 Å². The number of hydrogen-bond donors (Lipinski definition) is 0. The first-order valence-corrected chi connectivity index (χ1v) is 7.43. The van der Waals surface area contributed by atoms with E-state index >= 15 is 0 Å². The smallest absolute Gasteiger partial charge is 0.256 e. The zero-order valence-electron chi connectivity index (χ0n) is 12.8. The largest absolute Gasteiger partial charge is 0.472 e. The highest BCUT2D eigenvalue weighted by atomic mass is 19.1. The summed E-state index contributed by atoms with van der Waals surface area (Å²) in [6.07, 6.45) is 3.34. The van der Waals surface area contributed by atoms with Crippen LogP contribution in [-0.2, 0) is 0 Å². The van der Waals surface area contributed by atoms with Gasteiger partial charge >= 0.3 is 0 Å². The third-order valence-electron chi connectivity index (χ3n) is 3.80. The minimum atomic E-state index is -0.436. The van der Waals surface area contributed by atoms with E-state index < -0.39 is 5.82 Å². The van der Waals surface area contributed by atoms with Crippen LogP contribution in [0.3, 0.4) is 0 Å². The molecule has 3 unspecified atom stereocenters. The van der Waals surface area contributed by atoms with Crippen LogP contribution in [0.1, 0.15) is 40.5 Å². The van der Waals surface area contributed by atoms with Gasteiger partial charge in [0.1, 0.15) is 6.33 Å². The van der Waals surface area contributed by atoms with Crippen LogP contribution in [0.25, 0.3) is 0 Å². The average molecular weight is 281 g/mol. The van der Waals surface area contributed by atoms with Crippen molar-refractivity contribution in [3.8, 4) is 5.88 Å². The second-order valence-electron chi connectivity index (χ2n) is 6.00. The van der Waals surface area contributed by atoms with Crippen LogP contribution in [0.5, 0.6) is 5.88 Å². The molecule has 3 atom stereocenters. The van der Waals surface area contributed by atoms with Crippen molar-refractivity contribution in [3.63, 3.8) is 0 Å². The number of aromatic nitrogens is 2. The quantitative estimate of drug-likeness (QED) is 0.849. The van der Waals surface area contributed by atoms with Crippen LogP contribution in [0.4, 0.5) is 10.2 Å². The summed E-state index contributed by atoms with van der Waals surface area (Å²) in [7, 11) is 0. The Morgan fingerprint density at radius 1 is 1.35 bits per heavy atom. The maximum Gasteiger partial charge on any atom is 0.256 e. The van der Waals surface area contributed by atoms with Crippen LogP contribution in [0.2, 0.25) is 0 Å². The molecular weight excluding hydrogens is 257 g/mol. The van der Waals surface area contributed by atoms with E-state index in [1.807, 2.05) is 18.7 Å². The number of nitrogens with zero attached hydrogens (tertiary/aromatic N) is 3. The molecule has 1 saturated heterocycles. The summed E-state index contributed by atoms with van der Waals surface area (Å²) < 4.78 is 20.0. The van der Waals surface area contributed by atoms with Crippen molar-refractivity contribution in [3.05, 3.63) is 12.1 Å². The SMILES string of the molecule is CCC(C)Oc1ncnc(N2CC(C)CC(C)C2)c1F. The fraction of sp³-hybridized carbons (Fsp3) is 0.733. The van der Waals surface area contributed by atoms with Gasteiger partial charge in [0, 0.05) is 13.1 Å². The highest BCUT2D eigenvalue weighted by Gasteiger charge is 2.26. The van der Waals surface area contributed by atoms with Crippen molar-refractivity contribution < 1.29 is 9.13 Å². The van der Waals surface area contributed by atoms with E-state index in [2.05, 4.69) is 23.8 Å². The average Bonchev–Trinajstić information content (AvgIpc) is 2.39. The topological polar surface area (TPSA) is 38.3 Å². The van der Waals surface area contributed by atoms with Gasteiger partial charge in [-0.1, -0.05) is 20.8 Å². The first-order chi connectivity index (χ1) is 9.51. The summed E-state index contributed by atoms with van der Waals surface area (Å²) in [6.45, 7) is 9.96. The molecule has 2 heterocycles. The Hall–Kier alpha value is -1.39. The molecule has 0 saturated carbocycles. The van der Waals surface area contributed by atoms with Crippen LogP contribution in [-0.4, -0.2) is 29.2 Å². The highest BCUT2D eigenvalue weighted by molar-refractivity contribution is 5.43. The molecule has 0 radical (unpaired) electrons. The Morgan fingerprint density at radius 3 is 2.60 bits per heavy atom. The summed E-state index contributed by atoms with van der Waals surface area (Å²) in [4.78, 5) is 10.1. The molecule has 0 aromatic carbocycles. The molecule has 0 spiro atoms. The number of hydrogen-bond acceptors (Lipinski definition) is 4. The van der Waals surface area contributed by atoms with E-state index in [0.29, 0.717) is 17.7 Å². The lowest BCUT2D eigenvalue weighted by atomic mass is 9.92. The maximum atomic E-state index is 14.5. The van der Waals surface area contributed by atoms with Crippen molar-refractivity contribution in [2.24, 2.45) is 11.8 Å². The van der Waals surface area contributed by atoms with Crippen molar-refractivity contribution >= 4 is 5.82 Å². The summed E-state index contributed by atoms with van der Waals surface area (Å²) >= 11 is 0. The van der Waals surface area contributed by atoms with Gasteiger partial charge in [0.05, 0.1) is 6.10 Å². The summed E-state index contributed by atoms with van der Waals surface area (Å²) in [5.41, 5.74) is 0. The number of rotatable bonds is 4. The molecule has 2 rings (SSSR count). The molecule has 0 N–H and O–H groups in total. The molecule has 4 nitrogen and oxygen atoms in total. The number of halogens is 1. The highest BCUT2D eigenvalue weighted by Crippen LogP contribution is 2.29. The van der Waals surface area contributed by atoms with E-state index in [0.717, 1.165) is 19.5 Å². The molecule has 0 amide bonds. The molecule has 20 heavy (non-hydrogen) atoms. The Labute approximate surface area is 120 Å². The fourth-order valence-corrected chi connectivity index (χ4v) is 2.76. The van der Waals surface area contributed by atoms with Crippen LogP contribution in [0, 0.1) is 17.7 Å². The minimum absolute atomic E-state index is 0.0496. The lowest BCUT2D eigenvalue weighted by Crippen LogP contribution is -2.39. The van der Waals surface area contributed by atoms with E-state index in [1.165, 1.54) is 12.7 Å². The number of ether oxygens (including phenoxy) is 1. The Kier molecular flexibility index (Phi) is 4.78. The van der Waals surface area contributed by atoms with Crippen LogP contribution in [0.15, 0.2) is 6.33 Å². The van der Waals surface area contributed by atoms with E-state index in [4.69, 9.17) is 4.74 Å². The maximum absolute atomic E-state index is 14.5. The standard InChI is InChI=1S/C15H24FN3O/c1-5-12(4)20-15-13(16)14(17-9-18-15)19-7-10(2)6-11(3)8-19/h9-12H,5-8H2,1-4H3. The molecular formula is C15H24FN3O. The van der Waals surface area contributed by atoms with Gasteiger partial charge in [-0.15, -0.1) is 0 Å². The predicted octanol–water partition coefficient (Wildman–Crippen LogP) is 3.28. The van der Waals surface area contributed by atoms with Gasteiger partial charge in [-0.3, -0.25) is 0 Å². The minimum Gasteiger partial charge on any atom is -0.472 e. The van der Waals surface area contributed by atoms with Gasteiger partial charge in [-0.2, -0.15) is 9.37 Å². The Morgan fingerprint density at radius 2 is 2.00 bits per heavy atom. The van der Waals surface area contributed by atoms with Gasteiger partial charge in [-0.25, -0.2) is 4.98 Å². The van der Waals surface area contributed by atoms with Gasteiger partial charge < -0.3 is 9.64 Å². The van der Waals surface area contributed by atoms with Crippen LogP contribution < -0.4 is 9.64 Å². The molecule has 1 fully saturated rings. The summed E-state index contributed by atoms with van der Waals surface area (Å²) in [6, 6.07) is 0. The van der Waals surface area contributed by atoms with E-state index in [1.54, 1.807) is 0 Å². The lowest BCUT2D eigenvalue weighted by Gasteiger charge is -2.35. The normalized spacial score (nSPS) is 24.6. The zero-order valence-corrected chi connectivity index (χ0v) is 12.8. The van der Waals surface area contributed by atoms with E-state index in [9.17, 15) is 4.39 Å². The van der Waals surface area contributed by atoms with E-state index in [-0.39, 0.29) is 12.0 Å². The Bertz CT molecular complexity index is 445. The first-order valence-electron chi connectivity index (χ1n) is 7.43. The molecule has 1 aliphatic heterocycles. The van der Waals surface area contributed by atoms with Crippen molar-refractivity contribution in [1.82, 2.24) is 9.97 Å². The fourth-order valence-electron chi connectivity index (χ4n) is 2.76. The summed E-state index contributed by atoms with van der Waals surface area (Å²) in [5.74, 6) is 1.10. The second kappa shape index (κ2) is 6.37. The van der Waals surface area contributed by atoms with Gasteiger partial charge in [0.15, 0.2) is 5.82 Å². The van der Waals surface area contributed by atoms with Gasteiger partial charge in [0.25, 0.3) is 5.88 Å². The predicted molar refractivity (Wildman–Crippen MR) is 77.5 cm³/mol. The molecule has 5 heteroatoms. The Balaban J connectivity index is 2.21. The second-order valence-corrected chi connectivity index (χ2v) is 6.00. The molecule has 0 bridgehead atoms. The number of anilines is 1.